The van der Waals surface area contributed by atoms with Gasteiger partial charge in [0, 0.05) is 25.9 Å². The van der Waals surface area contributed by atoms with E-state index in [4.69, 9.17) is 4.74 Å². The third kappa shape index (κ3) is 4.18. The Kier molecular flexibility index (Phi) is 4.85. The Labute approximate surface area is 131 Å². The summed E-state index contributed by atoms with van der Waals surface area (Å²) in [4.78, 5) is 8.75. The minimum atomic E-state index is 0.304. The van der Waals surface area contributed by atoms with Gasteiger partial charge in [0.15, 0.2) is 0 Å². The molecule has 116 valence electrons. The first-order valence-corrected chi connectivity index (χ1v) is 7.77. The van der Waals surface area contributed by atoms with Crippen molar-refractivity contribution in [1.82, 2.24) is 9.97 Å². The largest absolute Gasteiger partial charge is 0.376 e. The fourth-order valence-electron chi connectivity index (χ4n) is 2.57. The number of anilines is 2. The van der Waals surface area contributed by atoms with Gasteiger partial charge < -0.3 is 15.4 Å². The zero-order valence-corrected chi connectivity index (χ0v) is 12.9. The summed E-state index contributed by atoms with van der Waals surface area (Å²) in [7, 11) is 0. The maximum Gasteiger partial charge on any atom is 0.224 e. The van der Waals surface area contributed by atoms with Gasteiger partial charge in [0.25, 0.3) is 0 Å². The molecule has 22 heavy (non-hydrogen) atoms. The highest BCUT2D eigenvalue weighted by molar-refractivity contribution is 5.40. The Hall–Kier alpha value is -2.14. The van der Waals surface area contributed by atoms with E-state index in [0.717, 1.165) is 38.4 Å². The molecule has 1 atom stereocenters. The van der Waals surface area contributed by atoms with Crippen molar-refractivity contribution in [1.29, 1.82) is 0 Å². The molecule has 0 saturated carbocycles. The molecule has 1 unspecified atom stereocenters. The van der Waals surface area contributed by atoms with Crippen molar-refractivity contribution in [2.75, 3.05) is 23.8 Å². The Morgan fingerprint density at radius 1 is 1.27 bits per heavy atom. The molecule has 3 rings (SSSR count). The summed E-state index contributed by atoms with van der Waals surface area (Å²) in [5, 5.41) is 6.58. The average molecular weight is 298 g/mol. The highest BCUT2D eigenvalue weighted by Gasteiger charge is 2.15. The molecular formula is C17H22N4O. The van der Waals surface area contributed by atoms with Crippen molar-refractivity contribution in [3.63, 3.8) is 0 Å². The van der Waals surface area contributed by atoms with E-state index in [0.29, 0.717) is 12.1 Å². The van der Waals surface area contributed by atoms with Crippen LogP contribution in [0.25, 0.3) is 0 Å². The normalized spacial score (nSPS) is 17.4. The fraction of sp³-hybridized carbons (Fsp3) is 0.412. The van der Waals surface area contributed by atoms with Crippen LogP contribution in [0.2, 0.25) is 0 Å². The lowest BCUT2D eigenvalue weighted by Gasteiger charge is -2.12. The zero-order valence-electron chi connectivity index (χ0n) is 12.9. The van der Waals surface area contributed by atoms with E-state index in [2.05, 4.69) is 51.8 Å². The smallest absolute Gasteiger partial charge is 0.224 e. The minimum Gasteiger partial charge on any atom is -0.376 e. The first-order valence-electron chi connectivity index (χ1n) is 7.77. The molecule has 0 amide bonds. The number of ether oxygens (including phenoxy) is 1. The van der Waals surface area contributed by atoms with Crippen LogP contribution in [0.4, 0.5) is 11.8 Å². The molecule has 1 aliphatic heterocycles. The first-order chi connectivity index (χ1) is 10.8. The summed E-state index contributed by atoms with van der Waals surface area (Å²) >= 11 is 0. The maximum absolute atomic E-state index is 5.60. The lowest BCUT2D eigenvalue weighted by molar-refractivity contribution is 0.120. The molecule has 1 saturated heterocycles. The van der Waals surface area contributed by atoms with Crippen LogP contribution in [0.15, 0.2) is 36.5 Å². The fourth-order valence-corrected chi connectivity index (χ4v) is 2.57. The van der Waals surface area contributed by atoms with E-state index in [1.54, 1.807) is 6.20 Å². The van der Waals surface area contributed by atoms with Gasteiger partial charge in [0.05, 0.1) is 6.10 Å². The van der Waals surface area contributed by atoms with Crippen LogP contribution < -0.4 is 10.6 Å². The molecule has 0 bridgehead atoms. The van der Waals surface area contributed by atoms with E-state index in [-0.39, 0.29) is 0 Å². The Morgan fingerprint density at radius 2 is 2.23 bits per heavy atom. The van der Waals surface area contributed by atoms with Crippen molar-refractivity contribution < 1.29 is 4.74 Å². The number of hydrogen-bond donors (Lipinski definition) is 2. The summed E-state index contributed by atoms with van der Waals surface area (Å²) in [5.74, 6) is 1.47. The number of hydrogen-bond acceptors (Lipinski definition) is 5. The zero-order chi connectivity index (χ0) is 15.2. The van der Waals surface area contributed by atoms with Gasteiger partial charge in [-0.2, -0.15) is 4.98 Å². The quantitative estimate of drug-likeness (QED) is 0.858. The van der Waals surface area contributed by atoms with E-state index < -0.39 is 0 Å². The van der Waals surface area contributed by atoms with Crippen molar-refractivity contribution in [3.8, 4) is 0 Å². The van der Waals surface area contributed by atoms with E-state index in [1.165, 1.54) is 11.1 Å². The third-order valence-corrected chi connectivity index (χ3v) is 3.72. The SMILES string of the molecule is Cc1cccc(CNc2nccc(NCC3CCCO3)n2)c1. The summed E-state index contributed by atoms with van der Waals surface area (Å²) in [5.41, 5.74) is 2.48. The second-order valence-electron chi connectivity index (χ2n) is 5.62. The Balaban J connectivity index is 1.54. The summed E-state index contributed by atoms with van der Waals surface area (Å²) in [6, 6.07) is 10.3. The van der Waals surface area contributed by atoms with Gasteiger partial charge in [-0.1, -0.05) is 29.8 Å². The van der Waals surface area contributed by atoms with Crippen molar-refractivity contribution in [2.24, 2.45) is 0 Å². The average Bonchev–Trinajstić information content (AvgIpc) is 3.05. The number of aromatic nitrogens is 2. The van der Waals surface area contributed by atoms with Crippen molar-refractivity contribution in [2.45, 2.75) is 32.4 Å². The van der Waals surface area contributed by atoms with Crippen molar-refractivity contribution >= 4 is 11.8 Å². The molecule has 5 nitrogen and oxygen atoms in total. The summed E-state index contributed by atoms with van der Waals surface area (Å²) in [6.45, 7) is 4.49. The first kappa shape index (κ1) is 14.8. The molecule has 1 aliphatic rings. The van der Waals surface area contributed by atoms with E-state index >= 15 is 0 Å². The molecule has 5 heteroatoms. The molecule has 0 aliphatic carbocycles. The lowest BCUT2D eigenvalue weighted by Crippen LogP contribution is -2.19. The van der Waals surface area contributed by atoms with Gasteiger partial charge in [-0.15, -0.1) is 0 Å². The van der Waals surface area contributed by atoms with Crippen LogP contribution in [0.3, 0.4) is 0 Å². The molecule has 2 heterocycles. The molecule has 1 aromatic carbocycles. The lowest BCUT2D eigenvalue weighted by atomic mass is 10.1. The topological polar surface area (TPSA) is 59.1 Å². The van der Waals surface area contributed by atoms with Gasteiger partial charge in [-0.25, -0.2) is 4.98 Å². The number of nitrogens with zero attached hydrogens (tertiary/aromatic N) is 2. The maximum atomic E-state index is 5.60. The van der Waals surface area contributed by atoms with E-state index in [1.807, 2.05) is 6.07 Å². The number of benzene rings is 1. The molecular weight excluding hydrogens is 276 g/mol. The second kappa shape index (κ2) is 7.22. The molecule has 0 radical (unpaired) electrons. The van der Waals surface area contributed by atoms with E-state index in [9.17, 15) is 0 Å². The summed E-state index contributed by atoms with van der Waals surface area (Å²) in [6.07, 6.45) is 4.35. The highest BCUT2D eigenvalue weighted by Crippen LogP contribution is 2.13. The Bertz CT molecular complexity index is 611. The number of rotatable bonds is 6. The molecule has 0 spiro atoms. The Morgan fingerprint density at radius 3 is 3.05 bits per heavy atom. The van der Waals surface area contributed by atoms with Crippen LogP contribution in [0.1, 0.15) is 24.0 Å². The van der Waals surface area contributed by atoms with Crippen molar-refractivity contribution in [3.05, 3.63) is 47.7 Å². The third-order valence-electron chi connectivity index (χ3n) is 3.72. The number of aryl methyl sites for hydroxylation is 1. The highest BCUT2D eigenvalue weighted by atomic mass is 16.5. The van der Waals surface area contributed by atoms with Crippen LogP contribution in [-0.2, 0) is 11.3 Å². The van der Waals surface area contributed by atoms with Crippen LogP contribution in [0.5, 0.6) is 0 Å². The van der Waals surface area contributed by atoms with Gasteiger partial charge in [-0.05, 0) is 31.4 Å². The van der Waals surface area contributed by atoms with Crippen LogP contribution >= 0.6 is 0 Å². The molecule has 1 aromatic heterocycles. The number of nitrogens with one attached hydrogen (secondary N) is 2. The standard InChI is InChI=1S/C17H22N4O/c1-13-4-2-5-14(10-13)11-20-17-18-8-7-16(21-17)19-12-15-6-3-9-22-15/h2,4-5,7-8,10,15H,3,6,9,11-12H2,1H3,(H2,18,19,20,21). The monoisotopic (exact) mass is 298 g/mol. The van der Waals surface area contributed by atoms with Gasteiger partial charge in [-0.3, -0.25) is 0 Å². The van der Waals surface area contributed by atoms with Gasteiger partial charge in [0.2, 0.25) is 5.95 Å². The minimum absolute atomic E-state index is 0.304. The van der Waals surface area contributed by atoms with Crippen LogP contribution in [0, 0.1) is 6.92 Å². The molecule has 1 fully saturated rings. The second-order valence-corrected chi connectivity index (χ2v) is 5.62. The van der Waals surface area contributed by atoms with Gasteiger partial charge in [0.1, 0.15) is 5.82 Å². The van der Waals surface area contributed by atoms with Gasteiger partial charge >= 0.3 is 0 Å². The summed E-state index contributed by atoms with van der Waals surface area (Å²) < 4.78 is 5.60. The van der Waals surface area contributed by atoms with Crippen LogP contribution in [-0.4, -0.2) is 29.2 Å². The predicted octanol–water partition coefficient (Wildman–Crippen LogP) is 2.99. The predicted molar refractivity (Wildman–Crippen MR) is 88.0 cm³/mol. The molecule has 2 aromatic rings. The molecule has 2 N–H and O–H groups in total.